The van der Waals surface area contributed by atoms with Crippen LogP contribution in [0, 0.1) is 0 Å². The van der Waals surface area contributed by atoms with Gasteiger partial charge in [0.25, 0.3) is 5.91 Å². The number of amidine groups is 2. The fourth-order valence-corrected chi connectivity index (χ4v) is 5.17. The molecule has 0 saturated carbocycles. The Kier molecular flexibility index (Phi) is 7.23. The fraction of sp³-hybridized carbons (Fsp3) is 0.214. The monoisotopic (exact) mass is 514 g/mol. The number of nitrogens with zero attached hydrogens (tertiary/aromatic N) is 3. The molecular weight excluding hydrogens is 488 g/mol. The first-order valence-corrected chi connectivity index (χ1v) is 12.8. The predicted molar refractivity (Wildman–Crippen MR) is 145 cm³/mol. The average molecular weight is 515 g/mol. The Bertz CT molecular complexity index is 1390. The second kappa shape index (κ2) is 10.9. The van der Waals surface area contributed by atoms with Gasteiger partial charge < -0.3 is 14.8 Å². The quantitative estimate of drug-likeness (QED) is 0.491. The molecule has 0 aliphatic carbocycles. The third-order valence-corrected chi connectivity index (χ3v) is 7.05. The van der Waals surface area contributed by atoms with E-state index in [-0.39, 0.29) is 24.1 Å². The van der Waals surface area contributed by atoms with Crippen molar-refractivity contribution in [2.45, 2.75) is 19.0 Å². The van der Waals surface area contributed by atoms with Gasteiger partial charge in [-0.3, -0.25) is 14.6 Å². The molecule has 5 rings (SSSR count). The van der Waals surface area contributed by atoms with Gasteiger partial charge in [-0.25, -0.2) is 9.89 Å². The Hall–Kier alpha value is -4.11. The van der Waals surface area contributed by atoms with Gasteiger partial charge in [-0.15, -0.1) is 0 Å². The maximum atomic E-state index is 13.4. The lowest BCUT2D eigenvalue weighted by Gasteiger charge is -2.25. The van der Waals surface area contributed by atoms with Gasteiger partial charge in [0, 0.05) is 24.1 Å². The van der Waals surface area contributed by atoms with Gasteiger partial charge in [0.05, 0.1) is 25.7 Å². The lowest BCUT2D eigenvalue weighted by molar-refractivity contribution is -0.124. The molecule has 188 valence electrons. The molecule has 0 unspecified atom stereocenters. The number of carbonyl (C=O) groups is 2. The van der Waals surface area contributed by atoms with Gasteiger partial charge in [-0.2, -0.15) is 0 Å². The topological polar surface area (TPSA) is 92.6 Å². The Labute approximate surface area is 219 Å². The Morgan fingerprint density at radius 2 is 1.78 bits per heavy atom. The highest BCUT2D eigenvalue weighted by Gasteiger charge is 2.41. The number of methoxy groups -OCH3 is 2. The molecule has 3 aromatic carbocycles. The van der Waals surface area contributed by atoms with Gasteiger partial charge in [-0.1, -0.05) is 66.4 Å². The molecule has 2 aliphatic rings. The molecule has 0 saturated heterocycles. The van der Waals surface area contributed by atoms with Crippen LogP contribution in [0.1, 0.15) is 16.7 Å². The van der Waals surface area contributed by atoms with Gasteiger partial charge in [-0.05, 0) is 23.8 Å². The molecule has 0 spiro atoms. The van der Waals surface area contributed by atoms with Crippen molar-refractivity contribution < 1.29 is 19.1 Å². The molecule has 2 amide bonds. The standard InChI is InChI=1S/C28H26N4O4S/c1-35-23-14-8-11-19(25(23)36-2)16-29-24(33)17-37-28-31-21-13-7-6-12-20(21)26-30-22(27(34)32(26)28)15-18-9-4-3-5-10-18/h3-14,22H,15-17H2,1-2H3,(H,29,33)/t22-/m1/s1. The van der Waals surface area contributed by atoms with Gasteiger partial charge in [0.15, 0.2) is 16.7 Å². The molecule has 37 heavy (non-hydrogen) atoms. The third-order valence-electron chi connectivity index (χ3n) is 6.11. The van der Waals surface area contributed by atoms with E-state index < -0.39 is 6.04 Å². The van der Waals surface area contributed by atoms with E-state index in [4.69, 9.17) is 19.5 Å². The normalized spacial score (nSPS) is 15.9. The van der Waals surface area contributed by atoms with E-state index in [1.165, 1.54) is 11.8 Å². The molecule has 0 fully saturated rings. The second-order valence-electron chi connectivity index (χ2n) is 8.46. The van der Waals surface area contributed by atoms with Crippen molar-refractivity contribution in [3.8, 4) is 11.5 Å². The number of hydrogen-bond donors (Lipinski definition) is 1. The summed E-state index contributed by atoms with van der Waals surface area (Å²) in [5.74, 6) is 1.53. The summed E-state index contributed by atoms with van der Waals surface area (Å²) in [6.45, 7) is 0.281. The number of fused-ring (bicyclic) bond motifs is 3. The number of nitrogens with one attached hydrogen (secondary N) is 1. The maximum absolute atomic E-state index is 13.4. The Balaban J connectivity index is 1.30. The van der Waals surface area contributed by atoms with E-state index in [1.54, 1.807) is 25.2 Å². The van der Waals surface area contributed by atoms with Crippen LogP contribution in [0.3, 0.4) is 0 Å². The summed E-state index contributed by atoms with van der Waals surface area (Å²) in [5, 5.41) is 3.36. The van der Waals surface area contributed by atoms with Crippen LogP contribution in [0.5, 0.6) is 11.5 Å². The zero-order valence-corrected chi connectivity index (χ0v) is 21.3. The number of rotatable bonds is 8. The second-order valence-corrected chi connectivity index (χ2v) is 9.40. The molecule has 2 heterocycles. The molecule has 1 N–H and O–H groups in total. The first kappa shape index (κ1) is 24.6. The molecule has 9 heteroatoms. The highest BCUT2D eigenvalue weighted by atomic mass is 32.2. The van der Waals surface area contributed by atoms with E-state index in [0.29, 0.717) is 28.9 Å². The molecule has 3 aromatic rings. The van der Waals surface area contributed by atoms with Crippen LogP contribution in [0.15, 0.2) is 82.8 Å². The summed E-state index contributed by atoms with van der Waals surface area (Å²) in [4.78, 5) is 37.2. The minimum absolute atomic E-state index is 0.0910. The van der Waals surface area contributed by atoms with Crippen LogP contribution < -0.4 is 14.8 Å². The van der Waals surface area contributed by atoms with Crippen LogP contribution in [0.25, 0.3) is 0 Å². The number of amides is 2. The van der Waals surface area contributed by atoms with Crippen LogP contribution in [-0.4, -0.2) is 53.7 Å². The van der Waals surface area contributed by atoms with Gasteiger partial charge >= 0.3 is 0 Å². The van der Waals surface area contributed by atoms with Crippen molar-refractivity contribution >= 4 is 40.3 Å². The number of thioether (sulfide) groups is 1. The summed E-state index contributed by atoms with van der Waals surface area (Å²) >= 11 is 1.22. The third kappa shape index (κ3) is 5.08. The first-order valence-electron chi connectivity index (χ1n) is 11.8. The lowest BCUT2D eigenvalue weighted by atomic mass is 10.1. The summed E-state index contributed by atoms with van der Waals surface area (Å²) in [6.07, 6.45) is 0.503. The zero-order valence-electron chi connectivity index (χ0n) is 20.5. The van der Waals surface area contributed by atoms with Gasteiger partial charge in [0.1, 0.15) is 11.9 Å². The number of aliphatic imine (C=N–C) groups is 2. The fourth-order valence-electron chi connectivity index (χ4n) is 4.34. The number of carbonyl (C=O) groups excluding carboxylic acids is 2. The predicted octanol–water partition coefficient (Wildman–Crippen LogP) is 3.95. The maximum Gasteiger partial charge on any atom is 0.259 e. The molecule has 1 atom stereocenters. The van der Waals surface area contributed by atoms with E-state index in [2.05, 4.69) is 5.32 Å². The van der Waals surface area contributed by atoms with Crippen LogP contribution >= 0.6 is 11.8 Å². The Morgan fingerprint density at radius 1 is 1.00 bits per heavy atom. The van der Waals surface area contributed by atoms with E-state index in [9.17, 15) is 9.59 Å². The van der Waals surface area contributed by atoms with Crippen molar-refractivity contribution in [3.05, 3.63) is 89.5 Å². The highest BCUT2D eigenvalue weighted by molar-refractivity contribution is 8.14. The zero-order chi connectivity index (χ0) is 25.8. The minimum atomic E-state index is -0.538. The van der Waals surface area contributed by atoms with Crippen molar-refractivity contribution in [2.24, 2.45) is 9.98 Å². The SMILES string of the molecule is COc1cccc(CNC(=O)CSC2=Nc3ccccc3C3=N[C@H](Cc4ccccc4)C(=O)N23)c1OC. The number of para-hydroxylation sites is 2. The van der Waals surface area contributed by atoms with Crippen molar-refractivity contribution in [1.82, 2.24) is 10.2 Å². The molecule has 2 aliphatic heterocycles. The number of ether oxygens (including phenoxy) is 2. The van der Waals surface area contributed by atoms with Crippen molar-refractivity contribution in [2.75, 3.05) is 20.0 Å². The van der Waals surface area contributed by atoms with Crippen molar-refractivity contribution in [3.63, 3.8) is 0 Å². The summed E-state index contributed by atoms with van der Waals surface area (Å²) in [7, 11) is 3.14. The van der Waals surface area contributed by atoms with E-state index >= 15 is 0 Å². The lowest BCUT2D eigenvalue weighted by Crippen LogP contribution is -2.42. The van der Waals surface area contributed by atoms with E-state index in [0.717, 1.165) is 22.4 Å². The first-order chi connectivity index (χ1) is 18.1. The largest absolute Gasteiger partial charge is 0.493 e. The molecular formula is C28H26N4O4S. The van der Waals surface area contributed by atoms with Gasteiger partial charge in [0.2, 0.25) is 5.91 Å². The molecule has 8 nitrogen and oxygen atoms in total. The van der Waals surface area contributed by atoms with Crippen molar-refractivity contribution in [1.29, 1.82) is 0 Å². The minimum Gasteiger partial charge on any atom is -0.493 e. The average Bonchev–Trinajstić information content (AvgIpc) is 3.26. The summed E-state index contributed by atoms with van der Waals surface area (Å²) in [6, 6.07) is 22.4. The summed E-state index contributed by atoms with van der Waals surface area (Å²) in [5.41, 5.74) is 3.38. The molecule has 0 aromatic heterocycles. The smallest absolute Gasteiger partial charge is 0.259 e. The molecule has 0 radical (unpaired) electrons. The summed E-state index contributed by atoms with van der Waals surface area (Å²) < 4.78 is 10.8. The highest BCUT2D eigenvalue weighted by Crippen LogP contribution is 2.34. The van der Waals surface area contributed by atoms with Crippen LogP contribution in [0.4, 0.5) is 5.69 Å². The van der Waals surface area contributed by atoms with E-state index in [1.807, 2.05) is 66.7 Å². The number of benzene rings is 3. The Morgan fingerprint density at radius 3 is 2.57 bits per heavy atom. The molecule has 0 bridgehead atoms. The number of hydrogen-bond acceptors (Lipinski definition) is 7. The van der Waals surface area contributed by atoms with Crippen LogP contribution in [0.2, 0.25) is 0 Å². The van der Waals surface area contributed by atoms with Crippen LogP contribution in [-0.2, 0) is 22.6 Å².